The van der Waals surface area contributed by atoms with Gasteiger partial charge in [0, 0.05) is 42.9 Å². The van der Waals surface area contributed by atoms with Crippen molar-refractivity contribution >= 4 is 67.7 Å². The first kappa shape index (κ1) is 28.3. The molecule has 11 heteroatoms. The molecule has 39 heavy (non-hydrogen) atoms. The smallest absolute Gasteiger partial charge is 0.413 e. The van der Waals surface area contributed by atoms with Crippen molar-refractivity contribution in [1.82, 2.24) is 15.0 Å². The number of allylic oxidation sites excluding steroid dienone is 1. The van der Waals surface area contributed by atoms with Crippen LogP contribution in [0.2, 0.25) is 0 Å². The molecule has 1 aliphatic heterocycles. The fourth-order valence-corrected chi connectivity index (χ4v) is 7.42. The van der Waals surface area contributed by atoms with Gasteiger partial charge in [-0.25, -0.2) is 18.7 Å². The Hall–Kier alpha value is -2.24. The van der Waals surface area contributed by atoms with Gasteiger partial charge >= 0.3 is 6.09 Å². The summed E-state index contributed by atoms with van der Waals surface area (Å²) in [5.41, 5.74) is 1.89. The lowest BCUT2D eigenvalue weighted by Crippen LogP contribution is -2.37. The van der Waals surface area contributed by atoms with Gasteiger partial charge in [0.25, 0.3) is 0 Å². The third kappa shape index (κ3) is 6.92. The molecule has 2 unspecified atom stereocenters. The van der Waals surface area contributed by atoms with Gasteiger partial charge in [-0.2, -0.15) is 0 Å². The van der Waals surface area contributed by atoms with Crippen molar-refractivity contribution in [2.75, 3.05) is 6.26 Å². The van der Waals surface area contributed by atoms with Crippen molar-refractivity contribution in [2.45, 2.75) is 68.2 Å². The summed E-state index contributed by atoms with van der Waals surface area (Å²) < 4.78 is 22.9. The highest BCUT2D eigenvalue weighted by molar-refractivity contribution is 7.98. The van der Waals surface area contributed by atoms with Crippen molar-refractivity contribution in [3.05, 3.63) is 58.2 Å². The third-order valence-corrected chi connectivity index (χ3v) is 10.1. The van der Waals surface area contributed by atoms with E-state index in [1.807, 2.05) is 45.4 Å². The number of amides is 1. The van der Waals surface area contributed by atoms with E-state index in [4.69, 9.17) is 21.3 Å². The highest BCUT2D eigenvalue weighted by Crippen LogP contribution is 2.42. The second-order valence-electron chi connectivity index (χ2n) is 10.5. The summed E-state index contributed by atoms with van der Waals surface area (Å²) in [6.07, 6.45) is 6.18. The largest absolute Gasteiger partial charge is 0.444 e. The minimum Gasteiger partial charge on any atom is -0.444 e. The fourth-order valence-electron chi connectivity index (χ4n) is 4.21. The van der Waals surface area contributed by atoms with Gasteiger partial charge in [0.2, 0.25) is 0 Å². The summed E-state index contributed by atoms with van der Waals surface area (Å²) in [5.74, 6) is 0.479. The van der Waals surface area contributed by atoms with Gasteiger partial charge in [-0.3, -0.25) is 10.3 Å². The van der Waals surface area contributed by atoms with Gasteiger partial charge in [-0.05, 0) is 69.9 Å². The number of alkyl carbamates (subject to hydrolysis) is 1. The van der Waals surface area contributed by atoms with Gasteiger partial charge < -0.3 is 4.74 Å². The number of pyridine rings is 1. The number of benzene rings is 1. The zero-order valence-corrected chi connectivity index (χ0v) is 25.5. The standard InChI is InChI=1S/C28H31ClN4O3S3/c1-28(2,3)36-27(34)32-23-11-10-20(29)24(31-23)25(33-39(35)18-8-9-18)22-14-16-6-5-7-19(26(16)38-22)21-15-17(37-4)12-13-30-21/h5-7,12-15,18,25,33H,8-11H2,1-4H3,(H,31,32,34). The number of fused-ring (bicyclic) bond motifs is 1. The van der Waals surface area contributed by atoms with Crippen LogP contribution in [-0.2, 0) is 15.7 Å². The van der Waals surface area contributed by atoms with Crippen LogP contribution in [-0.4, -0.2) is 38.2 Å². The van der Waals surface area contributed by atoms with E-state index in [1.165, 1.54) is 0 Å². The maximum atomic E-state index is 13.1. The molecular formula is C28H31ClN4O3S3. The van der Waals surface area contributed by atoms with Gasteiger partial charge in [-0.1, -0.05) is 29.8 Å². The van der Waals surface area contributed by atoms with E-state index in [-0.39, 0.29) is 5.25 Å². The number of hydrogen-bond donors (Lipinski definition) is 2. The van der Waals surface area contributed by atoms with Crippen molar-refractivity contribution in [3.8, 4) is 11.3 Å². The summed E-state index contributed by atoms with van der Waals surface area (Å²) in [4.78, 5) is 23.9. The van der Waals surface area contributed by atoms with E-state index in [1.54, 1.807) is 23.1 Å². The number of amidine groups is 1. The molecule has 2 aromatic heterocycles. The number of rotatable bonds is 7. The zero-order valence-electron chi connectivity index (χ0n) is 22.2. The summed E-state index contributed by atoms with van der Waals surface area (Å²) in [7, 11) is -1.24. The average molecular weight is 603 g/mol. The number of aromatic nitrogens is 1. The molecule has 0 bridgehead atoms. The molecule has 3 heterocycles. The number of thiophene rings is 1. The predicted molar refractivity (Wildman–Crippen MR) is 163 cm³/mol. The molecule has 3 aromatic rings. The molecule has 1 saturated carbocycles. The predicted octanol–water partition coefficient (Wildman–Crippen LogP) is 7.31. The number of carbonyl (C=O) groups is 1. The number of halogens is 1. The monoisotopic (exact) mass is 602 g/mol. The highest BCUT2D eigenvalue weighted by Gasteiger charge is 2.34. The van der Waals surface area contributed by atoms with Crippen LogP contribution in [0, 0.1) is 0 Å². The third-order valence-electron chi connectivity index (χ3n) is 6.19. The second kappa shape index (κ2) is 11.7. The van der Waals surface area contributed by atoms with E-state index in [9.17, 15) is 9.00 Å². The van der Waals surface area contributed by atoms with Gasteiger partial charge in [0.1, 0.15) is 11.4 Å². The Balaban J connectivity index is 1.53. The van der Waals surface area contributed by atoms with Crippen molar-refractivity contribution < 1.29 is 13.7 Å². The molecular weight excluding hydrogens is 572 g/mol. The Morgan fingerprint density at radius 1 is 1.23 bits per heavy atom. The summed E-state index contributed by atoms with van der Waals surface area (Å²) in [6.45, 7) is 5.44. The van der Waals surface area contributed by atoms with Gasteiger partial charge in [0.05, 0.1) is 28.4 Å². The Bertz CT molecular complexity index is 1490. The Kier molecular flexibility index (Phi) is 8.49. The minimum atomic E-state index is -1.24. The van der Waals surface area contributed by atoms with Crippen LogP contribution >= 0.6 is 34.7 Å². The number of hydrogen-bond acceptors (Lipinski definition) is 7. The molecule has 1 aliphatic carbocycles. The van der Waals surface area contributed by atoms with Crippen LogP contribution in [0.3, 0.4) is 0 Å². The SMILES string of the molecule is CSc1ccnc(-c2cccc3cc(C(NS(=O)C4CC4)C4=C(Cl)CCC(NC(=O)OC(C)(C)C)=N4)sc23)c1. The normalized spacial score (nSPS) is 17.6. The Morgan fingerprint density at radius 3 is 2.74 bits per heavy atom. The molecule has 2 aliphatic rings. The molecule has 5 rings (SSSR count). The average Bonchev–Trinajstić information content (AvgIpc) is 3.65. The first-order valence-electron chi connectivity index (χ1n) is 12.8. The minimum absolute atomic E-state index is 0.127. The first-order chi connectivity index (χ1) is 18.6. The molecule has 2 N–H and O–H groups in total. The maximum Gasteiger partial charge on any atom is 0.413 e. The van der Waals surface area contributed by atoms with E-state index in [0.717, 1.165) is 44.0 Å². The van der Waals surface area contributed by atoms with E-state index >= 15 is 0 Å². The number of carbonyl (C=O) groups excluding carboxylic acids is 1. The number of aliphatic imine (C=N–C) groups is 1. The number of nitrogens with one attached hydrogen (secondary N) is 2. The van der Waals surface area contributed by atoms with Crippen LogP contribution in [0.4, 0.5) is 4.79 Å². The van der Waals surface area contributed by atoms with Crippen molar-refractivity contribution in [1.29, 1.82) is 0 Å². The lowest BCUT2D eigenvalue weighted by atomic mass is 10.1. The highest BCUT2D eigenvalue weighted by atomic mass is 35.5. The lowest BCUT2D eigenvalue weighted by Gasteiger charge is -2.24. The Morgan fingerprint density at radius 2 is 2.03 bits per heavy atom. The van der Waals surface area contributed by atoms with Crippen LogP contribution in [0.5, 0.6) is 0 Å². The zero-order chi connectivity index (χ0) is 27.7. The molecule has 206 valence electrons. The summed E-state index contributed by atoms with van der Waals surface area (Å²) >= 11 is 10.1. The molecule has 1 aromatic carbocycles. The molecule has 0 radical (unpaired) electrons. The molecule has 0 saturated heterocycles. The Labute approximate surface area is 244 Å². The van der Waals surface area contributed by atoms with Crippen LogP contribution in [0.15, 0.2) is 63.2 Å². The quantitative estimate of drug-likeness (QED) is 0.277. The second-order valence-corrected chi connectivity index (χ2v) is 14.4. The van der Waals surface area contributed by atoms with Crippen LogP contribution < -0.4 is 10.0 Å². The van der Waals surface area contributed by atoms with Crippen molar-refractivity contribution in [3.63, 3.8) is 0 Å². The number of ether oxygens (including phenoxy) is 1. The van der Waals surface area contributed by atoms with Gasteiger partial charge in [-0.15, -0.1) is 23.1 Å². The maximum absolute atomic E-state index is 13.1. The molecule has 1 amide bonds. The van der Waals surface area contributed by atoms with Crippen LogP contribution in [0.25, 0.3) is 21.3 Å². The van der Waals surface area contributed by atoms with E-state index in [0.29, 0.717) is 29.4 Å². The van der Waals surface area contributed by atoms with E-state index < -0.39 is 28.7 Å². The first-order valence-corrected chi connectivity index (χ1v) is 16.4. The molecule has 2 atom stereocenters. The lowest BCUT2D eigenvalue weighted by molar-refractivity contribution is 0.0562. The summed E-state index contributed by atoms with van der Waals surface area (Å²) in [5, 5.41) is 4.55. The number of thioether (sulfide) groups is 1. The summed E-state index contributed by atoms with van der Waals surface area (Å²) in [6, 6.07) is 11.9. The number of nitrogens with zero attached hydrogens (tertiary/aromatic N) is 2. The fraction of sp³-hybridized carbons (Fsp3) is 0.393. The van der Waals surface area contributed by atoms with Gasteiger partial charge in [0.15, 0.2) is 0 Å². The van der Waals surface area contributed by atoms with E-state index in [2.05, 4.69) is 39.3 Å². The molecule has 1 fully saturated rings. The molecule has 7 nitrogen and oxygen atoms in total. The topological polar surface area (TPSA) is 92.7 Å². The van der Waals surface area contributed by atoms with Crippen molar-refractivity contribution in [2.24, 2.45) is 4.99 Å². The molecule has 0 spiro atoms. The van der Waals surface area contributed by atoms with Crippen LogP contribution in [0.1, 0.15) is 57.4 Å².